The summed E-state index contributed by atoms with van der Waals surface area (Å²) in [5.41, 5.74) is 2.58. The Morgan fingerprint density at radius 3 is 2.75 bits per heavy atom. The number of hydrogen-bond acceptors (Lipinski definition) is 4. The Kier molecular flexibility index (Phi) is 5.11. The molecule has 3 rings (SSSR count). The van der Waals surface area contributed by atoms with Crippen LogP contribution in [0.2, 0.25) is 0 Å². The first-order chi connectivity index (χ1) is 11.7. The van der Waals surface area contributed by atoms with Crippen LogP contribution < -0.4 is 4.74 Å². The van der Waals surface area contributed by atoms with E-state index in [-0.39, 0.29) is 0 Å². The number of oxime groups is 1. The standard InChI is InChI=1S/C19H16BrNO3/c1-2-10-23-17-9-8-15(20)11-14(17)12-16-18(21-24-19(16)22)13-6-4-3-5-7-13/h3-9,11-12H,2,10H2,1H3/b16-12-. The van der Waals surface area contributed by atoms with Gasteiger partial charge in [-0.25, -0.2) is 4.79 Å². The van der Waals surface area contributed by atoms with Crippen molar-refractivity contribution in [3.63, 3.8) is 0 Å². The molecule has 0 radical (unpaired) electrons. The molecule has 122 valence electrons. The average Bonchev–Trinajstić information content (AvgIpc) is 2.96. The Morgan fingerprint density at radius 2 is 2.00 bits per heavy atom. The zero-order valence-electron chi connectivity index (χ0n) is 13.2. The molecule has 0 saturated carbocycles. The van der Waals surface area contributed by atoms with Gasteiger partial charge < -0.3 is 9.57 Å². The van der Waals surface area contributed by atoms with Gasteiger partial charge in [0.15, 0.2) is 0 Å². The van der Waals surface area contributed by atoms with E-state index in [0.717, 1.165) is 27.8 Å². The molecule has 2 aromatic carbocycles. The van der Waals surface area contributed by atoms with Gasteiger partial charge in [0.25, 0.3) is 0 Å². The van der Waals surface area contributed by atoms with E-state index in [1.54, 1.807) is 6.08 Å². The van der Waals surface area contributed by atoms with Crippen molar-refractivity contribution in [3.8, 4) is 5.75 Å². The van der Waals surface area contributed by atoms with Gasteiger partial charge in [-0.2, -0.15) is 0 Å². The Labute approximate surface area is 148 Å². The summed E-state index contributed by atoms with van der Waals surface area (Å²) in [5.74, 6) is 0.259. The van der Waals surface area contributed by atoms with Crippen LogP contribution in [0.25, 0.3) is 6.08 Å². The molecule has 0 N–H and O–H groups in total. The number of carbonyl (C=O) groups excluding carboxylic acids is 1. The minimum Gasteiger partial charge on any atom is -0.493 e. The Morgan fingerprint density at radius 1 is 1.21 bits per heavy atom. The Hall–Kier alpha value is -2.40. The third kappa shape index (κ3) is 3.57. The first kappa shape index (κ1) is 16.5. The molecule has 0 atom stereocenters. The summed E-state index contributed by atoms with van der Waals surface area (Å²) in [5, 5.41) is 3.93. The third-order valence-corrected chi connectivity index (χ3v) is 3.97. The molecular weight excluding hydrogens is 370 g/mol. The first-order valence-corrected chi connectivity index (χ1v) is 8.47. The van der Waals surface area contributed by atoms with Crippen LogP contribution >= 0.6 is 15.9 Å². The molecule has 2 aromatic rings. The van der Waals surface area contributed by atoms with E-state index in [1.165, 1.54) is 0 Å². The molecule has 1 aliphatic heterocycles. The minimum absolute atomic E-state index is 0.417. The Bertz CT molecular complexity index is 813. The van der Waals surface area contributed by atoms with Crippen molar-refractivity contribution in [2.45, 2.75) is 13.3 Å². The molecule has 0 fully saturated rings. The van der Waals surface area contributed by atoms with E-state index in [0.29, 0.717) is 17.9 Å². The summed E-state index contributed by atoms with van der Waals surface area (Å²) in [4.78, 5) is 17.0. The van der Waals surface area contributed by atoms with Gasteiger partial charge >= 0.3 is 5.97 Å². The summed E-state index contributed by atoms with van der Waals surface area (Å²) < 4.78 is 6.68. The van der Waals surface area contributed by atoms with Crippen molar-refractivity contribution >= 4 is 33.7 Å². The van der Waals surface area contributed by atoms with Gasteiger partial charge in [-0.3, -0.25) is 0 Å². The van der Waals surface area contributed by atoms with E-state index in [1.807, 2.05) is 55.5 Å². The SMILES string of the molecule is CCCOc1ccc(Br)cc1/C=C1\C(=O)ON=C1c1ccccc1. The van der Waals surface area contributed by atoms with Crippen LogP contribution in [0.1, 0.15) is 24.5 Å². The molecule has 0 spiro atoms. The fourth-order valence-corrected chi connectivity index (χ4v) is 2.72. The fraction of sp³-hybridized carbons (Fsp3) is 0.158. The molecule has 5 heteroatoms. The van der Waals surface area contributed by atoms with Gasteiger partial charge in [0.05, 0.1) is 12.2 Å². The monoisotopic (exact) mass is 385 g/mol. The molecule has 24 heavy (non-hydrogen) atoms. The average molecular weight is 386 g/mol. The molecule has 0 aromatic heterocycles. The van der Waals surface area contributed by atoms with Crippen molar-refractivity contribution in [2.75, 3.05) is 6.61 Å². The number of nitrogens with zero attached hydrogens (tertiary/aromatic N) is 1. The second kappa shape index (κ2) is 7.45. The number of hydrogen-bond donors (Lipinski definition) is 0. The predicted octanol–water partition coefficient (Wildman–Crippen LogP) is 4.58. The molecule has 0 unspecified atom stereocenters. The Balaban J connectivity index is 2.02. The quantitative estimate of drug-likeness (QED) is 0.558. The summed E-state index contributed by atoms with van der Waals surface area (Å²) in [6.07, 6.45) is 2.67. The lowest BCUT2D eigenvalue weighted by Gasteiger charge is -2.09. The summed E-state index contributed by atoms with van der Waals surface area (Å²) in [6, 6.07) is 15.2. The van der Waals surface area contributed by atoms with Gasteiger partial charge in [-0.1, -0.05) is 58.3 Å². The van der Waals surface area contributed by atoms with Gasteiger partial charge in [0, 0.05) is 15.6 Å². The molecular formula is C19H16BrNO3. The normalized spacial score (nSPS) is 15.3. The molecule has 0 saturated heterocycles. The fourth-order valence-electron chi connectivity index (χ4n) is 2.34. The molecule has 4 nitrogen and oxygen atoms in total. The summed E-state index contributed by atoms with van der Waals surface area (Å²) in [6.45, 7) is 2.66. The summed E-state index contributed by atoms with van der Waals surface area (Å²) in [7, 11) is 0. The van der Waals surface area contributed by atoms with Crippen molar-refractivity contribution in [1.82, 2.24) is 0 Å². The first-order valence-electron chi connectivity index (χ1n) is 7.68. The van der Waals surface area contributed by atoms with Gasteiger partial charge in [0.2, 0.25) is 0 Å². The number of carbonyl (C=O) groups is 1. The maximum atomic E-state index is 12.1. The zero-order chi connectivity index (χ0) is 16.9. The van der Waals surface area contributed by atoms with Gasteiger partial charge in [-0.05, 0) is 30.7 Å². The number of benzene rings is 2. The topological polar surface area (TPSA) is 47.9 Å². The van der Waals surface area contributed by atoms with Crippen LogP contribution in [0, 0.1) is 0 Å². The van der Waals surface area contributed by atoms with E-state index in [9.17, 15) is 4.79 Å². The lowest BCUT2D eigenvalue weighted by Crippen LogP contribution is -2.07. The van der Waals surface area contributed by atoms with Crippen LogP contribution in [0.5, 0.6) is 5.75 Å². The minimum atomic E-state index is -0.463. The predicted molar refractivity (Wildman–Crippen MR) is 97.0 cm³/mol. The zero-order valence-corrected chi connectivity index (χ0v) is 14.7. The van der Waals surface area contributed by atoms with Crippen molar-refractivity contribution in [1.29, 1.82) is 0 Å². The molecule has 0 bridgehead atoms. The number of halogens is 1. The van der Waals surface area contributed by atoms with E-state index in [4.69, 9.17) is 9.57 Å². The van der Waals surface area contributed by atoms with Crippen LogP contribution in [0.3, 0.4) is 0 Å². The van der Waals surface area contributed by atoms with E-state index < -0.39 is 5.97 Å². The second-order valence-electron chi connectivity index (χ2n) is 5.27. The lowest BCUT2D eigenvalue weighted by molar-refractivity contribution is -0.136. The van der Waals surface area contributed by atoms with Crippen molar-refractivity contribution in [2.24, 2.45) is 5.16 Å². The van der Waals surface area contributed by atoms with Gasteiger partial charge in [0.1, 0.15) is 11.5 Å². The maximum Gasteiger partial charge on any atom is 0.368 e. The maximum absolute atomic E-state index is 12.1. The van der Waals surface area contributed by atoms with Gasteiger partial charge in [-0.15, -0.1) is 0 Å². The molecule has 1 aliphatic rings. The third-order valence-electron chi connectivity index (χ3n) is 3.48. The highest BCUT2D eigenvalue weighted by Gasteiger charge is 2.27. The summed E-state index contributed by atoms with van der Waals surface area (Å²) >= 11 is 3.46. The highest BCUT2D eigenvalue weighted by Crippen LogP contribution is 2.28. The molecule has 0 aliphatic carbocycles. The van der Waals surface area contributed by atoms with E-state index in [2.05, 4.69) is 21.1 Å². The second-order valence-corrected chi connectivity index (χ2v) is 6.19. The number of rotatable bonds is 5. The highest BCUT2D eigenvalue weighted by molar-refractivity contribution is 9.10. The van der Waals surface area contributed by atoms with Crippen molar-refractivity contribution < 1.29 is 14.4 Å². The largest absolute Gasteiger partial charge is 0.493 e. The van der Waals surface area contributed by atoms with Crippen LogP contribution in [-0.2, 0) is 9.63 Å². The van der Waals surface area contributed by atoms with Crippen LogP contribution in [0.4, 0.5) is 0 Å². The van der Waals surface area contributed by atoms with Crippen LogP contribution in [-0.4, -0.2) is 18.3 Å². The molecule has 1 heterocycles. The number of ether oxygens (including phenoxy) is 1. The van der Waals surface area contributed by atoms with Crippen LogP contribution in [0.15, 0.2) is 63.7 Å². The molecule has 0 amide bonds. The highest BCUT2D eigenvalue weighted by atomic mass is 79.9. The lowest BCUT2D eigenvalue weighted by atomic mass is 10.0. The smallest absolute Gasteiger partial charge is 0.368 e. The van der Waals surface area contributed by atoms with Crippen molar-refractivity contribution in [3.05, 3.63) is 69.7 Å². The van der Waals surface area contributed by atoms with E-state index >= 15 is 0 Å².